The van der Waals surface area contributed by atoms with Gasteiger partial charge in [0.15, 0.2) is 0 Å². The lowest BCUT2D eigenvalue weighted by molar-refractivity contribution is 0.0687. The van der Waals surface area contributed by atoms with Gasteiger partial charge >= 0.3 is 5.97 Å². The molecule has 1 heterocycles. The molecule has 0 saturated heterocycles. The second-order valence-corrected chi connectivity index (χ2v) is 5.33. The highest BCUT2D eigenvalue weighted by Gasteiger charge is 2.17. The van der Waals surface area contributed by atoms with E-state index in [1.165, 1.54) is 4.68 Å². The number of aromatic carboxylic acids is 1. The van der Waals surface area contributed by atoms with E-state index in [2.05, 4.69) is 5.10 Å². The summed E-state index contributed by atoms with van der Waals surface area (Å²) >= 11 is 5.87. The summed E-state index contributed by atoms with van der Waals surface area (Å²) in [4.78, 5) is 23.6. The summed E-state index contributed by atoms with van der Waals surface area (Å²) in [6.07, 6.45) is 0. The van der Waals surface area contributed by atoms with Crippen molar-refractivity contribution in [2.45, 2.75) is 6.92 Å². The average Bonchev–Trinajstić information content (AvgIpc) is 2.49. The summed E-state index contributed by atoms with van der Waals surface area (Å²) in [5.74, 6) is -1.35. The monoisotopic (exact) mass is 314 g/mol. The second kappa shape index (κ2) is 5.27. The quantitative estimate of drug-likeness (QED) is 0.789. The number of nitrogens with zero attached hydrogens (tertiary/aromatic N) is 2. The molecule has 0 fully saturated rings. The SMILES string of the molecule is Cc1ccc2c(c1)c(=O)c(C(=O)O)nn2-c1ccc(Cl)cc1. The molecule has 0 radical (unpaired) electrons. The number of hydrogen-bond donors (Lipinski definition) is 1. The highest BCUT2D eigenvalue weighted by Crippen LogP contribution is 2.19. The Morgan fingerprint density at radius 3 is 2.50 bits per heavy atom. The second-order valence-electron chi connectivity index (χ2n) is 4.89. The molecular formula is C16H11ClN2O3. The van der Waals surface area contributed by atoms with E-state index in [0.717, 1.165) is 5.56 Å². The first-order valence-electron chi connectivity index (χ1n) is 6.50. The minimum atomic E-state index is -1.35. The van der Waals surface area contributed by atoms with Crippen LogP contribution in [0.1, 0.15) is 16.1 Å². The van der Waals surface area contributed by atoms with Crippen LogP contribution in [0.3, 0.4) is 0 Å². The first kappa shape index (κ1) is 14.3. The van der Waals surface area contributed by atoms with Crippen molar-refractivity contribution in [2.75, 3.05) is 0 Å². The Balaban J connectivity index is 2.43. The number of carbonyl (C=O) groups is 1. The maximum absolute atomic E-state index is 12.3. The predicted molar refractivity (Wildman–Crippen MR) is 84.0 cm³/mol. The van der Waals surface area contributed by atoms with E-state index in [9.17, 15) is 14.7 Å². The third-order valence-electron chi connectivity index (χ3n) is 3.31. The van der Waals surface area contributed by atoms with Gasteiger partial charge in [0.25, 0.3) is 0 Å². The minimum Gasteiger partial charge on any atom is -0.476 e. The van der Waals surface area contributed by atoms with Crippen LogP contribution in [-0.4, -0.2) is 20.9 Å². The molecule has 22 heavy (non-hydrogen) atoms. The fourth-order valence-electron chi connectivity index (χ4n) is 2.26. The highest BCUT2D eigenvalue weighted by atomic mass is 35.5. The summed E-state index contributed by atoms with van der Waals surface area (Å²) in [6, 6.07) is 12.0. The summed E-state index contributed by atoms with van der Waals surface area (Å²) in [6.45, 7) is 1.84. The van der Waals surface area contributed by atoms with Crippen molar-refractivity contribution in [3.63, 3.8) is 0 Å². The Morgan fingerprint density at radius 2 is 1.86 bits per heavy atom. The van der Waals surface area contributed by atoms with E-state index in [0.29, 0.717) is 21.6 Å². The van der Waals surface area contributed by atoms with Gasteiger partial charge in [-0.05, 0) is 43.3 Å². The maximum atomic E-state index is 12.3. The summed E-state index contributed by atoms with van der Waals surface area (Å²) in [5.41, 5.74) is 0.947. The summed E-state index contributed by atoms with van der Waals surface area (Å²) in [7, 11) is 0. The molecule has 0 aliphatic carbocycles. The number of aryl methyl sites for hydroxylation is 1. The van der Waals surface area contributed by atoms with Crippen LogP contribution < -0.4 is 5.43 Å². The van der Waals surface area contributed by atoms with Crippen molar-refractivity contribution in [2.24, 2.45) is 0 Å². The largest absolute Gasteiger partial charge is 0.476 e. The van der Waals surface area contributed by atoms with E-state index in [-0.39, 0.29) is 0 Å². The molecule has 0 unspecified atom stereocenters. The number of aromatic nitrogens is 2. The topological polar surface area (TPSA) is 72.2 Å². The van der Waals surface area contributed by atoms with E-state index < -0.39 is 17.1 Å². The molecule has 0 spiro atoms. The molecule has 5 nitrogen and oxygen atoms in total. The molecule has 0 saturated carbocycles. The Morgan fingerprint density at radius 1 is 1.18 bits per heavy atom. The van der Waals surface area contributed by atoms with Crippen LogP contribution in [-0.2, 0) is 0 Å². The first-order valence-corrected chi connectivity index (χ1v) is 6.88. The smallest absolute Gasteiger partial charge is 0.360 e. The van der Waals surface area contributed by atoms with Crippen molar-refractivity contribution in [3.05, 3.63) is 69.0 Å². The predicted octanol–water partition coefficient (Wildman–Crippen LogP) is 3.05. The van der Waals surface area contributed by atoms with E-state index in [4.69, 9.17) is 11.6 Å². The molecule has 3 aromatic rings. The van der Waals surface area contributed by atoms with Crippen molar-refractivity contribution < 1.29 is 9.90 Å². The number of benzene rings is 2. The van der Waals surface area contributed by atoms with Crippen molar-refractivity contribution in [1.82, 2.24) is 9.78 Å². The third kappa shape index (κ3) is 2.35. The molecule has 3 rings (SSSR count). The number of carboxylic acids is 1. The molecular weight excluding hydrogens is 304 g/mol. The Bertz CT molecular complexity index is 946. The zero-order valence-electron chi connectivity index (χ0n) is 11.6. The normalized spacial score (nSPS) is 10.8. The van der Waals surface area contributed by atoms with Crippen LogP contribution in [0.25, 0.3) is 16.6 Å². The Labute approximate surface area is 130 Å². The van der Waals surface area contributed by atoms with Crippen LogP contribution in [0.2, 0.25) is 5.02 Å². The molecule has 110 valence electrons. The van der Waals surface area contributed by atoms with Gasteiger partial charge in [0, 0.05) is 5.02 Å². The number of rotatable bonds is 2. The van der Waals surface area contributed by atoms with E-state index in [1.54, 1.807) is 36.4 Å². The minimum absolute atomic E-state index is 0.322. The van der Waals surface area contributed by atoms with Crippen LogP contribution in [0.5, 0.6) is 0 Å². The lowest BCUT2D eigenvalue weighted by atomic mass is 10.1. The third-order valence-corrected chi connectivity index (χ3v) is 3.57. The average molecular weight is 315 g/mol. The Hall–Kier alpha value is -2.66. The first-order chi connectivity index (χ1) is 10.5. The molecule has 1 aromatic heterocycles. The fraction of sp³-hybridized carbons (Fsp3) is 0.0625. The number of halogens is 1. The lowest BCUT2D eigenvalue weighted by Crippen LogP contribution is -2.22. The van der Waals surface area contributed by atoms with Gasteiger partial charge in [-0.2, -0.15) is 5.10 Å². The molecule has 2 aromatic carbocycles. The van der Waals surface area contributed by atoms with Gasteiger partial charge in [0.05, 0.1) is 16.6 Å². The van der Waals surface area contributed by atoms with E-state index in [1.807, 2.05) is 13.0 Å². The molecule has 0 atom stereocenters. The van der Waals surface area contributed by atoms with Gasteiger partial charge in [0.2, 0.25) is 11.1 Å². The van der Waals surface area contributed by atoms with Crippen molar-refractivity contribution in [3.8, 4) is 5.69 Å². The van der Waals surface area contributed by atoms with Gasteiger partial charge in [-0.3, -0.25) is 4.79 Å². The van der Waals surface area contributed by atoms with E-state index >= 15 is 0 Å². The fourth-order valence-corrected chi connectivity index (χ4v) is 2.39. The summed E-state index contributed by atoms with van der Waals surface area (Å²) < 4.78 is 1.44. The van der Waals surface area contributed by atoms with Crippen molar-refractivity contribution in [1.29, 1.82) is 0 Å². The van der Waals surface area contributed by atoms with Crippen molar-refractivity contribution >= 4 is 28.5 Å². The number of fused-ring (bicyclic) bond motifs is 1. The highest BCUT2D eigenvalue weighted by molar-refractivity contribution is 6.30. The number of carboxylic acid groups (broad SMARTS) is 1. The molecule has 0 bridgehead atoms. The van der Waals surface area contributed by atoms with Crippen LogP contribution in [0.4, 0.5) is 0 Å². The zero-order chi connectivity index (χ0) is 15.9. The zero-order valence-corrected chi connectivity index (χ0v) is 12.3. The lowest BCUT2D eigenvalue weighted by Gasteiger charge is -2.11. The standard InChI is InChI=1S/C16H11ClN2O3/c1-9-2-7-13-12(8-9)15(20)14(16(21)22)18-19(13)11-5-3-10(17)4-6-11/h2-8H,1H3,(H,21,22). The van der Waals surface area contributed by atoms with Crippen LogP contribution in [0.15, 0.2) is 47.3 Å². The van der Waals surface area contributed by atoms with Gasteiger partial charge < -0.3 is 5.11 Å². The van der Waals surface area contributed by atoms with Gasteiger partial charge in [-0.25, -0.2) is 9.48 Å². The van der Waals surface area contributed by atoms with Crippen LogP contribution >= 0.6 is 11.6 Å². The molecule has 1 N–H and O–H groups in total. The van der Waals surface area contributed by atoms with Gasteiger partial charge in [-0.15, -0.1) is 0 Å². The summed E-state index contributed by atoms with van der Waals surface area (Å²) in [5, 5.41) is 14.1. The maximum Gasteiger partial charge on any atom is 0.360 e. The van der Waals surface area contributed by atoms with Gasteiger partial charge in [0.1, 0.15) is 0 Å². The molecule has 0 amide bonds. The van der Waals surface area contributed by atoms with Gasteiger partial charge in [-0.1, -0.05) is 23.2 Å². The Kier molecular flexibility index (Phi) is 3.42. The molecule has 0 aliphatic rings. The molecule has 0 aliphatic heterocycles. The number of hydrogen-bond acceptors (Lipinski definition) is 3. The molecule has 6 heteroatoms. The van der Waals surface area contributed by atoms with Crippen LogP contribution in [0, 0.1) is 6.92 Å².